The Bertz CT molecular complexity index is 1190. The van der Waals surface area contributed by atoms with E-state index in [9.17, 15) is 14.4 Å². The van der Waals surface area contributed by atoms with Crippen molar-refractivity contribution in [2.24, 2.45) is 0 Å². The van der Waals surface area contributed by atoms with Crippen LogP contribution in [0.5, 0.6) is 5.75 Å². The highest BCUT2D eigenvalue weighted by molar-refractivity contribution is 7.07. The molecule has 2 aromatic heterocycles. The van der Waals surface area contributed by atoms with E-state index in [1.54, 1.807) is 20.8 Å². The van der Waals surface area contributed by atoms with Crippen molar-refractivity contribution in [3.05, 3.63) is 86.0 Å². The van der Waals surface area contributed by atoms with E-state index in [0.717, 1.165) is 11.1 Å². The van der Waals surface area contributed by atoms with Crippen molar-refractivity contribution in [1.29, 1.82) is 0 Å². The van der Waals surface area contributed by atoms with Gasteiger partial charge in [0.1, 0.15) is 11.3 Å². The highest BCUT2D eigenvalue weighted by Crippen LogP contribution is 2.24. The molecule has 1 aliphatic rings. The van der Waals surface area contributed by atoms with E-state index < -0.39 is 0 Å². The van der Waals surface area contributed by atoms with Gasteiger partial charge < -0.3 is 19.5 Å². The van der Waals surface area contributed by atoms with Crippen molar-refractivity contribution in [2.45, 2.75) is 32.4 Å². The molecule has 1 N–H and O–H groups in total. The summed E-state index contributed by atoms with van der Waals surface area (Å²) in [4.78, 5) is 40.9. The van der Waals surface area contributed by atoms with Gasteiger partial charge in [-0.25, -0.2) is 0 Å². The first-order valence-corrected chi connectivity index (χ1v) is 11.9. The van der Waals surface area contributed by atoms with Crippen molar-refractivity contribution < 1.29 is 14.3 Å². The van der Waals surface area contributed by atoms with E-state index in [0.29, 0.717) is 43.9 Å². The lowest BCUT2D eigenvalue weighted by Gasteiger charge is -2.24. The van der Waals surface area contributed by atoms with Gasteiger partial charge in [-0.05, 0) is 34.9 Å². The molecule has 1 aromatic carbocycles. The van der Waals surface area contributed by atoms with Crippen LogP contribution in [0, 0.1) is 0 Å². The second-order valence-electron chi connectivity index (χ2n) is 8.05. The quantitative estimate of drug-likeness (QED) is 0.607. The Morgan fingerprint density at radius 3 is 2.64 bits per heavy atom. The van der Waals surface area contributed by atoms with Crippen LogP contribution in [0.1, 0.15) is 40.0 Å². The highest BCUT2D eigenvalue weighted by atomic mass is 32.1. The summed E-state index contributed by atoms with van der Waals surface area (Å²) in [5.74, 6) is -0.310. The Morgan fingerprint density at radius 1 is 1.15 bits per heavy atom. The molecule has 3 heterocycles. The van der Waals surface area contributed by atoms with Crippen LogP contribution in [0.4, 0.5) is 0 Å². The number of rotatable bonds is 6. The molecule has 3 aromatic rings. The standard InChI is InChI=1S/C25H27N3O4S/c1-17(19-6-4-3-5-7-19)25(31)27-10-8-20-23(24(30)26-15-18-9-13-33-16-18)21(32-2)14-22(29)28(20)12-11-27/h3-7,9,13-14,16-17H,8,10-12,15H2,1-2H3,(H,26,30). The molecule has 0 saturated carbocycles. The fourth-order valence-corrected chi connectivity index (χ4v) is 4.87. The Kier molecular flexibility index (Phi) is 6.93. The van der Waals surface area contributed by atoms with E-state index in [-0.39, 0.29) is 29.0 Å². The topological polar surface area (TPSA) is 80.6 Å². The monoisotopic (exact) mass is 465 g/mol. The molecule has 2 amide bonds. The third-order valence-electron chi connectivity index (χ3n) is 6.06. The van der Waals surface area contributed by atoms with Gasteiger partial charge in [-0.1, -0.05) is 30.3 Å². The Morgan fingerprint density at radius 2 is 1.94 bits per heavy atom. The molecule has 4 rings (SSSR count). The lowest BCUT2D eigenvalue weighted by Crippen LogP contribution is -2.36. The number of methoxy groups -OCH3 is 1. The zero-order valence-corrected chi connectivity index (χ0v) is 19.6. The molecule has 0 aliphatic carbocycles. The second kappa shape index (κ2) is 10.0. The molecular weight excluding hydrogens is 438 g/mol. The van der Waals surface area contributed by atoms with Crippen LogP contribution in [0.25, 0.3) is 0 Å². The molecule has 1 unspecified atom stereocenters. The summed E-state index contributed by atoms with van der Waals surface area (Å²) in [7, 11) is 1.45. The fourth-order valence-electron chi connectivity index (χ4n) is 4.20. The predicted octanol–water partition coefficient (Wildman–Crippen LogP) is 3.04. The Balaban J connectivity index is 1.58. The molecule has 7 nitrogen and oxygen atoms in total. The van der Waals surface area contributed by atoms with Gasteiger partial charge >= 0.3 is 0 Å². The smallest absolute Gasteiger partial charge is 0.257 e. The Labute approximate surface area is 196 Å². The van der Waals surface area contributed by atoms with Crippen LogP contribution >= 0.6 is 11.3 Å². The number of hydrogen-bond acceptors (Lipinski definition) is 5. The number of carbonyl (C=O) groups is 2. The minimum atomic E-state index is -0.292. The van der Waals surface area contributed by atoms with E-state index >= 15 is 0 Å². The van der Waals surface area contributed by atoms with Gasteiger partial charge in [-0.15, -0.1) is 0 Å². The van der Waals surface area contributed by atoms with E-state index in [1.165, 1.54) is 13.2 Å². The van der Waals surface area contributed by atoms with Crippen LogP contribution in [-0.2, 0) is 24.3 Å². The number of amides is 2. The number of benzene rings is 1. The first-order chi connectivity index (χ1) is 16.0. The molecule has 1 atom stereocenters. The zero-order chi connectivity index (χ0) is 23.4. The van der Waals surface area contributed by atoms with E-state index in [2.05, 4.69) is 5.32 Å². The first-order valence-electron chi connectivity index (χ1n) is 10.9. The third-order valence-corrected chi connectivity index (χ3v) is 6.79. The van der Waals surface area contributed by atoms with Crippen molar-refractivity contribution in [1.82, 2.24) is 14.8 Å². The number of fused-ring (bicyclic) bond motifs is 1. The molecule has 0 saturated heterocycles. The number of aromatic nitrogens is 1. The number of pyridine rings is 1. The van der Waals surface area contributed by atoms with Gasteiger partial charge in [0.25, 0.3) is 11.5 Å². The summed E-state index contributed by atoms with van der Waals surface area (Å²) in [6.07, 6.45) is 0.390. The average Bonchev–Trinajstić information content (AvgIpc) is 3.26. The van der Waals surface area contributed by atoms with Crippen LogP contribution in [-0.4, -0.2) is 41.5 Å². The van der Waals surface area contributed by atoms with Gasteiger partial charge in [0.05, 0.1) is 13.0 Å². The summed E-state index contributed by atoms with van der Waals surface area (Å²) in [6.45, 7) is 3.45. The molecule has 172 valence electrons. The fraction of sp³-hybridized carbons (Fsp3) is 0.320. The zero-order valence-electron chi connectivity index (χ0n) is 18.7. The summed E-state index contributed by atoms with van der Waals surface area (Å²) in [6, 6.07) is 13.0. The molecule has 0 fully saturated rings. The first kappa shape index (κ1) is 22.8. The number of carbonyl (C=O) groups excluding carboxylic acids is 2. The van der Waals surface area contributed by atoms with Gasteiger partial charge in [0, 0.05) is 44.4 Å². The maximum absolute atomic E-state index is 13.2. The number of ether oxygens (including phenoxy) is 1. The lowest BCUT2D eigenvalue weighted by atomic mass is 9.99. The Hall–Kier alpha value is -3.39. The highest BCUT2D eigenvalue weighted by Gasteiger charge is 2.28. The normalized spacial score (nSPS) is 14.2. The summed E-state index contributed by atoms with van der Waals surface area (Å²) in [5, 5.41) is 6.87. The minimum absolute atomic E-state index is 0.0116. The largest absolute Gasteiger partial charge is 0.496 e. The SMILES string of the molecule is COc1cc(=O)n2c(c1C(=O)NCc1ccsc1)CCN(C(=O)C(C)c1ccccc1)CC2. The minimum Gasteiger partial charge on any atom is -0.496 e. The van der Waals surface area contributed by atoms with Crippen molar-refractivity contribution in [3.8, 4) is 5.75 Å². The van der Waals surface area contributed by atoms with Crippen molar-refractivity contribution in [2.75, 3.05) is 20.2 Å². The number of thiophene rings is 1. The number of nitrogens with one attached hydrogen (secondary N) is 1. The molecule has 8 heteroatoms. The number of nitrogens with zero attached hydrogens (tertiary/aromatic N) is 2. The summed E-state index contributed by atoms with van der Waals surface area (Å²) in [5.41, 5.74) is 2.69. The molecular formula is C25H27N3O4S. The van der Waals surface area contributed by atoms with Crippen LogP contribution in [0.2, 0.25) is 0 Å². The third kappa shape index (κ3) is 4.85. The predicted molar refractivity (Wildman–Crippen MR) is 128 cm³/mol. The summed E-state index contributed by atoms with van der Waals surface area (Å²) >= 11 is 1.57. The van der Waals surface area contributed by atoms with Crippen molar-refractivity contribution in [3.63, 3.8) is 0 Å². The summed E-state index contributed by atoms with van der Waals surface area (Å²) < 4.78 is 7.01. The van der Waals surface area contributed by atoms with Gasteiger partial charge in [-0.3, -0.25) is 14.4 Å². The second-order valence-corrected chi connectivity index (χ2v) is 8.83. The molecule has 0 bridgehead atoms. The molecule has 0 radical (unpaired) electrons. The van der Waals surface area contributed by atoms with Crippen molar-refractivity contribution >= 4 is 23.2 Å². The maximum Gasteiger partial charge on any atom is 0.257 e. The molecule has 33 heavy (non-hydrogen) atoms. The average molecular weight is 466 g/mol. The maximum atomic E-state index is 13.2. The van der Waals surface area contributed by atoms with Gasteiger partial charge in [0.15, 0.2) is 0 Å². The van der Waals surface area contributed by atoms with Gasteiger partial charge in [-0.2, -0.15) is 11.3 Å². The van der Waals surface area contributed by atoms with Crippen LogP contribution < -0.4 is 15.6 Å². The lowest BCUT2D eigenvalue weighted by molar-refractivity contribution is -0.132. The van der Waals surface area contributed by atoms with Crippen LogP contribution in [0.15, 0.2) is 58.0 Å². The van der Waals surface area contributed by atoms with Crippen LogP contribution in [0.3, 0.4) is 0 Å². The van der Waals surface area contributed by atoms with E-state index in [1.807, 2.05) is 54.1 Å². The molecule has 0 spiro atoms. The number of hydrogen-bond donors (Lipinski definition) is 1. The van der Waals surface area contributed by atoms with E-state index in [4.69, 9.17) is 4.74 Å². The van der Waals surface area contributed by atoms with Gasteiger partial charge in [0.2, 0.25) is 5.91 Å². The molecule has 1 aliphatic heterocycles.